The molecule has 0 radical (unpaired) electrons. The molecule has 0 spiro atoms. The first kappa shape index (κ1) is 16.3. The van der Waals surface area contributed by atoms with Crippen LogP contribution in [0.4, 0.5) is 0 Å². The average molecular weight is 295 g/mol. The summed E-state index contributed by atoms with van der Waals surface area (Å²) in [6.45, 7) is 8.80. The average Bonchev–Trinajstić information content (AvgIpc) is 2.46. The Labute approximate surface area is 128 Å². The molecule has 1 N–H and O–H groups in total. The molecule has 2 aliphatic heterocycles. The fourth-order valence-corrected chi connectivity index (χ4v) is 3.42. The zero-order chi connectivity index (χ0) is 15.6. The highest BCUT2D eigenvalue weighted by Gasteiger charge is 2.40. The van der Waals surface area contributed by atoms with Crippen molar-refractivity contribution in [1.82, 2.24) is 15.1 Å². The summed E-state index contributed by atoms with van der Waals surface area (Å²) in [7, 11) is 2.13. The van der Waals surface area contributed by atoms with Crippen molar-refractivity contribution in [2.45, 2.75) is 52.1 Å². The second-order valence-electron chi connectivity index (χ2n) is 6.81. The third kappa shape index (κ3) is 3.57. The Kier molecular flexibility index (Phi) is 5.25. The van der Waals surface area contributed by atoms with Crippen LogP contribution in [0.1, 0.15) is 40.0 Å². The van der Waals surface area contributed by atoms with E-state index in [4.69, 9.17) is 0 Å². The summed E-state index contributed by atoms with van der Waals surface area (Å²) >= 11 is 0. The molecule has 2 aliphatic rings. The molecule has 0 bridgehead atoms. The summed E-state index contributed by atoms with van der Waals surface area (Å²) in [6.07, 6.45) is 3.22. The number of amides is 2. The Bertz CT molecular complexity index is 399. The van der Waals surface area contributed by atoms with Crippen molar-refractivity contribution in [1.29, 1.82) is 0 Å². The molecule has 21 heavy (non-hydrogen) atoms. The highest BCUT2D eigenvalue weighted by atomic mass is 16.2. The Morgan fingerprint density at radius 2 is 2.10 bits per heavy atom. The van der Waals surface area contributed by atoms with E-state index in [9.17, 15) is 9.59 Å². The van der Waals surface area contributed by atoms with E-state index in [1.165, 1.54) is 6.42 Å². The molecular formula is C16H29N3O2. The van der Waals surface area contributed by atoms with Crippen molar-refractivity contribution >= 4 is 11.8 Å². The van der Waals surface area contributed by atoms with Crippen LogP contribution in [0.15, 0.2) is 0 Å². The number of carbonyl (C=O) groups excluding carboxylic acids is 2. The molecule has 0 aromatic heterocycles. The summed E-state index contributed by atoms with van der Waals surface area (Å²) in [5.74, 6) is 0.762. The molecule has 2 heterocycles. The van der Waals surface area contributed by atoms with E-state index in [0.717, 1.165) is 25.9 Å². The Balaban J connectivity index is 2.07. The van der Waals surface area contributed by atoms with E-state index in [2.05, 4.69) is 24.2 Å². The second kappa shape index (κ2) is 6.77. The third-order valence-corrected chi connectivity index (χ3v) is 5.08. The van der Waals surface area contributed by atoms with Crippen molar-refractivity contribution in [2.24, 2.45) is 11.8 Å². The van der Waals surface area contributed by atoms with Crippen LogP contribution in [0.5, 0.6) is 0 Å². The van der Waals surface area contributed by atoms with Crippen LogP contribution in [-0.2, 0) is 9.59 Å². The lowest BCUT2D eigenvalue weighted by Gasteiger charge is -2.42. The van der Waals surface area contributed by atoms with Crippen molar-refractivity contribution < 1.29 is 9.59 Å². The quantitative estimate of drug-likeness (QED) is 0.845. The van der Waals surface area contributed by atoms with Crippen LogP contribution in [0.25, 0.3) is 0 Å². The van der Waals surface area contributed by atoms with Gasteiger partial charge >= 0.3 is 0 Å². The minimum absolute atomic E-state index is 0.0101. The van der Waals surface area contributed by atoms with Gasteiger partial charge < -0.3 is 15.1 Å². The van der Waals surface area contributed by atoms with Crippen LogP contribution in [-0.4, -0.2) is 60.4 Å². The Morgan fingerprint density at radius 1 is 1.38 bits per heavy atom. The lowest BCUT2D eigenvalue weighted by molar-refractivity contribution is -0.151. The fraction of sp³-hybridized carbons (Fsp3) is 0.875. The van der Waals surface area contributed by atoms with Crippen LogP contribution in [0.2, 0.25) is 0 Å². The number of hydrogen-bond donors (Lipinski definition) is 1. The smallest absolute Gasteiger partial charge is 0.246 e. The molecule has 0 aliphatic carbocycles. The van der Waals surface area contributed by atoms with E-state index in [1.807, 2.05) is 18.7 Å². The molecule has 4 atom stereocenters. The summed E-state index contributed by atoms with van der Waals surface area (Å²) in [5.41, 5.74) is 0. The van der Waals surface area contributed by atoms with Crippen molar-refractivity contribution in [3.63, 3.8) is 0 Å². The van der Waals surface area contributed by atoms with Gasteiger partial charge in [-0.25, -0.2) is 0 Å². The van der Waals surface area contributed by atoms with Crippen molar-refractivity contribution in [3.8, 4) is 0 Å². The van der Waals surface area contributed by atoms with Gasteiger partial charge in [-0.05, 0) is 45.2 Å². The van der Waals surface area contributed by atoms with E-state index in [0.29, 0.717) is 12.5 Å². The molecule has 5 heteroatoms. The van der Waals surface area contributed by atoms with E-state index >= 15 is 0 Å². The van der Waals surface area contributed by atoms with Gasteiger partial charge in [-0.15, -0.1) is 0 Å². The van der Waals surface area contributed by atoms with E-state index in [1.54, 1.807) is 0 Å². The first-order valence-corrected chi connectivity index (χ1v) is 8.23. The van der Waals surface area contributed by atoms with Crippen LogP contribution in [0.3, 0.4) is 0 Å². The number of piperazine rings is 1. The normalized spacial score (nSPS) is 33.0. The molecule has 2 saturated heterocycles. The van der Waals surface area contributed by atoms with Gasteiger partial charge in [-0.1, -0.05) is 20.3 Å². The highest BCUT2D eigenvalue weighted by Crippen LogP contribution is 2.22. The maximum Gasteiger partial charge on any atom is 0.246 e. The molecule has 0 aromatic carbocycles. The Hall–Kier alpha value is -1.10. The zero-order valence-corrected chi connectivity index (χ0v) is 13.8. The number of carbonyl (C=O) groups is 2. The summed E-state index contributed by atoms with van der Waals surface area (Å²) in [6, 6.07) is -0.690. The predicted octanol–water partition coefficient (Wildman–Crippen LogP) is 1.09. The lowest BCUT2D eigenvalue weighted by atomic mass is 9.92. The van der Waals surface area contributed by atoms with Crippen molar-refractivity contribution in [2.75, 3.05) is 26.7 Å². The van der Waals surface area contributed by atoms with E-state index < -0.39 is 0 Å². The lowest BCUT2D eigenvalue weighted by Crippen LogP contribution is -2.65. The predicted molar refractivity (Wildman–Crippen MR) is 82.8 cm³/mol. The number of likely N-dealkylation sites (tertiary alicyclic amines) is 1. The van der Waals surface area contributed by atoms with Gasteiger partial charge in [0.05, 0.1) is 0 Å². The molecule has 2 amide bonds. The largest absolute Gasteiger partial charge is 0.342 e. The van der Waals surface area contributed by atoms with Crippen LogP contribution in [0, 0.1) is 11.8 Å². The molecule has 5 nitrogen and oxygen atoms in total. The minimum Gasteiger partial charge on any atom is -0.342 e. The van der Waals surface area contributed by atoms with Gasteiger partial charge in [0, 0.05) is 13.1 Å². The van der Waals surface area contributed by atoms with Crippen LogP contribution >= 0.6 is 0 Å². The molecule has 0 aromatic rings. The number of nitrogens with zero attached hydrogens (tertiary/aromatic N) is 2. The fourth-order valence-electron chi connectivity index (χ4n) is 3.42. The number of nitrogens with one attached hydrogen (secondary N) is 1. The van der Waals surface area contributed by atoms with Gasteiger partial charge in [-0.2, -0.15) is 0 Å². The maximum absolute atomic E-state index is 12.7. The second-order valence-corrected chi connectivity index (χ2v) is 6.81. The maximum atomic E-state index is 12.7. The van der Waals surface area contributed by atoms with Gasteiger partial charge in [0.1, 0.15) is 12.1 Å². The molecule has 2 fully saturated rings. The number of rotatable bonds is 4. The molecular weight excluding hydrogens is 266 g/mol. The first-order valence-electron chi connectivity index (χ1n) is 8.23. The number of piperidine rings is 1. The van der Waals surface area contributed by atoms with Crippen LogP contribution < -0.4 is 5.32 Å². The summed E-state index contributed by atoms with van der Waals surface area (Å²) in [4.78, 5) is 29.0. The molecule has 4 unspecified atom stereocenters. The number of hydrogen-bond acceptors (Lipinski definition) is 3. The first-order chi connectivity index (χ1) is 9.93. The highest BCUT2D eigenvalue weighted by molar-refractivity contribution is 5.96. The van der Waals surface area contributed by atoms with Gasteiger partial charge in [-0.3, -0.25) is 9.59 Å². The monoisotopic (exact) mass is 295 g/mol. The molecule has 2 rings (SSSR count). The van der Waals surface area contributed by atoms with Gasteiger partial charge in [0.15, 0.2) is 0 Å². The third-order valence-electron chi connectivity index (χ3n) is 5.08. The van der Waals surface area contributed by atoms with Gasteiger partial charge in [0.2, 0.25) is 11.8 Å². The van der Waals surface area contributed by atoms with Crippen molar-refractivity contribution in [3.05, 3.63) is 0 Å². The Morgan fingerprint density at radius 3 is 2.71 bits per heavy atom. The minimum atomic E-state index is -0.347. The SMILES string of the molecule is CCC(C)C1NC(=O)C(C)N(CC2CCCN(C)C2)C1=O. The molecule has 0 saturated carbocycles. The topological polar surface area (TPSA) is 52.7 Å². The van der Waals surface area contributed by atoms with Gasteiger partial charge in [0.25, 0.3) is 0 Å². The summed E-state index contributed by atoms with van der Waals surface area (Å²) < 4.78 is 0. The zero-order valence-electron chi connectivity index (χ0n) is 13.8. The summed E-state index contributed by atoms with van der Waals surface area (Å²) in [5, 5.41) is 2.90. The van der Waals surface area contributed by atoms with E-state index in [-0.39, 0.29) is 29.8 Å². The standard InChI is InChI=1S/C16H29N3O2/c1-5-11(2)14-16(21)19(12(3)15(20)17-14)10-13-7-6-8-18(4)9-13/h11-14H,5-10H2,1-4H3,(H,17,20). The molecule has 120 valence electrons.